The van der Waals surface area contributed by atoms with Gasteiger partial charge in [0.25, 0.3) is 5.91 Å². The monoisotopic (exact) mass is 433 g/mol. The van der Waals surface area contributed by atoms with E-state index in [9.17, 15) is 4.79 Å². The number of H-pyrrole nitrogens is 1. The number of thioether (sulfide) groups is 1. The van der Waals surface area contributed by atoms with Crippen molar-refractivity contribution in [1.82, 2.24) is 9.88 Å². The van der Waals surface area contributed by atoms with Gasteiger partial charge >= 0.3 is 0 Å². The summed E-state index contributed by atoms with van der Waals surface area (Å²) in [5, 5.41) is 1.94. The topological polar surface area (TPSA) is 57.7 Å². The smallest absolute Gasteiger partial charge is 0.259 e. The number of rotatable bonds is 3. The van der Waals surface area contributed by atoms with Gasteiger partial charge in [-0.25, -0.2) is 4.99 Å². The van der Waals surface area contributed by atoms with Gasteiger partial charge in [-0.15, -0.1) is 0 Å². The largest absolute Gasteiger partial charge is 0.494 e. The van der Waals surface area contributed by atoms with Gasteiger partial charge in [-0.05, 0) is 67.5 Å². The molecular formula is C25H27N3O2S. The maximum absolute atomic E-state index is 13.5. The quantitative estimate of drug-likeness (QED) is 0.588. The zero-order chi connectivity index (χ0) is 21.4. The first kappa shape index (κ1) is 20.2. The maximum atomic E-state index is 13.5. The van der Waals surface area contributed by atoms with Crippen LogP contribution in [0.5, 0.6) is 5.75 Å². The van der Waals surface area contributed by atoms with Gasteiger partial charge in [-0.2, -0.15) is 0 Å². The highest BCUT2D eigenvalue weighted by Gasteiger charge is 2.26. The number of benzene rings is 2. The number of nitrogens with zero attached hydrogens (tertiary/aromatic N) is 2. The van der Waals surface area contributed by atoms with Crippen molar-refractivity contribution < 1.29 is 9.53 Å². The molecule has 6 heteroatoms. The van der Waals surface area contributed by atoms with Crippen molar-refractivity contribution in [3.05, 3.63) is 59.3 Å². The van der Waals surface area contributed by atoms with E-state index in [0.29, 0.717) is 18.2 Å². The molecule has 0 spiro atoms. The van der Waals surface area contributed by atoms with Gasteiger partial charge in [0.05, 0.1) is 7.11 Å². The Morgan fingerprint density at radius 1 is 1.26 bits per heavy atom. The molecule has 1 N–H and O–H groups in total. The summed E-state index contributed by atoms with van der Waals surface area (Å²) < 4.78 is 5.44. The van der Waals surface area contributed by atoms with Crippen molar-refractivity contribution in [2.24, 2.45) is 10.9 Å². The molecule has 0 radical (unpaired) electrons. The lowest BCUT2D eigenvalue weighted by Gasteiger charge is -2.28. The number of carbonyl (C=O) groups is 1. The third-order valence-electron chi connectivity index (χ3n) is 6.22. The normalized spacial score (nSPS) is 20.1. The number of amides is 1. The first-order chi connectivity index (χ1) is 15.1. The second-order valence-corrected chi connectivity index (χ2v) is 9.48. The molecule has 2 heterocycles. The molecule has 31 heavy (non-hydrogen) atoms. The summed E-state index contributed by atoms with van der Waals surface area (Å²) in [6, 6.07) is 13.7. The SMILES string of the molecule is COc1ccccc1N=C1SCCCN1C(=O)c1ccc2[nH]c3c(c2c1)C[C@@H](C)CC3. The van der Waals surface area contributed by atoms with Gasteiger partial charge in [-0.3, -0.25) is 9.69 Å². The van der Waals surface area contributed by atoms with E-state index < -0.39 is 0 Å². The van der Waals surface area contributed by atoms with Crippen molar-refractivity contribution in [3.8, 4) is 5.75 Å². The molecule has 1 aromatic heterocycles. The number of carbonyl (C=O) groups excluding carboxylic acids is 1. The number of amidine groups is 1. The number of aliphatic imine (C=N–C) groups is 1. The molecule has 0 bridgehead atoms. The maximum Gasteiger partial charge on any atom is 0.259 e. The first-order valence-electron chi connectivity index (χ1n) is 10.9. The van der Waals surface area contributed by atoms with E-state index in [4.69, 9.17) is 9.73 Å². The number of aryl methyl sites for hydroxylation is 1. The second kappa shape index (κ2) is 8.42. The van der Waals surface area contributed by atoms with Crippen LogP contribution >= 0.6 is 11.8 Å². The molecule has 1 atom stereocenters. The van der Waals surface area contributed by atoms with E-state index in [1.54, 1.807) is 18.9 Å². The van der Waals surface area contributed by atoms with Crippen molar-refractivity contribution >= 4 is 39.4 Å². The lowest BCUT2D eigenvalue weighted by Crippen LogP contribution is -2.39. The Morgan fingerprint density at radius 2 is 2.13 bits per heavy atom. The van der Waals surface area contributed by atoms with Gasteiger partial charge in [0.15, 0.2) is 5.17 Å². The van der Waals surface area contributed by atoms with E-state index in [0.717, 1.165) is 47.0 Å². The number of aromatic amines is 1. The van der Waals surface area contributed by atoms with Gasteiger partial charge in [0.1, 0.15) is 11.4 Å². The Hall–Kier alpha value is -2.73. The van der Waals surface area contributed by atoms with E-state index in [2.05, 4.69) is 24.0 Å². The van der Waals surface area contributed by atoms with E-state index >= 15 is 0 Å². The average molecular weight is 434 g/mol. The third kappa shape index (κ3) is 3.85. The van der Waals surface area contributed by atoms with E-state index in [-0.39, 0.29) is 5.91 Å². The van der Waals surface area contributed by atoms with Crippen LogP contribution < -0.4 is 4.74 Å². The summed E-state index contributed by atoms with van der Waals surface area (Å²) in [5.41, 5.74) is 5.33. The fraction of sp³-hybridized carbons (Fsp3) is 0.360. The van der Waals surface area contributed by atoms with Gasteiger partial charge < -0.3 is 9.72 Å². The number of methoxy groups -OCH3 is 1. The lowest BCUT2D eigenvalue weighted by atomic mass is 9.87. The number of ether oxygens (including phenoxy) is 1. The second-order valence-electron chi connectivity index (χ2n) is 8.42. The van der Waals surface area contributed by atoms with Crippen LogP contribution in [0.4, 0.5) is 5.69 Å². The number of hydrogen-bond donors (Lipinski definition) is 1. The van der Waals surface area contributed by atoms with Crippen molar-refractivity contribution in [1.29, 1.82) is 0 Å². The van der Waals surface area contributed by atoms with Crippen LogP contribution in [0.1, 0.15) is 41.4 Å². The van der Waals surface area contributed by atoms with E-state index in [1.807, 2.05) is 35.2 Å². The highest BCUT2D eigenvalue weighted by molar-refractivity contribution is 8.13. The predicted molar refractivity (Wildman–Crippen MR) is 128 cm³/mol. The molecular weight excluding hydrogens is 406 g/mol. The molecule has 2 aromatic carbocycles. The number of aromatic nitrogens is 1. The molecule has 2 aliphatic rings. The number of para-hydroxylation sites is 2. The fourth-order valence-corrected chi connectivity index (χ4v) is 5.50. The zero-order valence-corrected chi connectivity index (χ0v) is 18.8. The third-order valence-corrected chi connectivity index (χ3v) is 7.28. The standard InChI is InChI=1S/C25H27N3O2S/c1-16-8-10-20-18(14-16)19-15-17(9-11-21(19)26-20)24(29)28-12-5-13-31-25(28)27-22-6-3-4-7-23(22)30-2/h3-4,6-7,9,11,15-16,26H,5,8,10,12-14H2,1-2H3/t16-/m0/s1. The summed E-state index contributed by atoms with van der Waals surface area (Å²) in [7, 11) is 1.64. The minimum atomic E-state index is 0.0153. The van der Waals surface area contributed by atoms with Crippen LogP contribution in [-0.2, 0) is 12.8 Å². The molecule has 0 unspecified atom stereocenters. The predicted octanol–water partition coefficient (Wildman–Crippen LogP) is 5.57. The molecule has 1 aliphatic carbocycles. The Bertz CT molecular complexity index is 1170. The highest BCUT2D eigenvalue weighted by atomic mass is 32.2. The summed E-state index contributed by atoms with van der Waals surface area (Å²) >= 11 is 1.63. The molecule has 5 nitrogen and oxygen atoms in total. The Kier molecular flexibility index (Phi) is 5.48. The minimum absolute atomic E-state index is 0.0153. The van der Waals surface area contributed by atoms with Gasteiger partial charge in [0, 0.05) is 34.5 Å². The van der Waals surface area contributed by atoms with Crippen LogP contribution in [0, 0.1) is 5.92 Å². The first-order valence-corrected chi connectivity index (χ1v) is 11.9. The molecule has 5 rings (SSSR count). The van der Waals surface area contributed by atoms with Crippen LogP contribution in [-0.4, -0.2) is 40.4 Å². The summed E-state index contributed by atoms with van der Waals surface area (Å²) in [4.78, 5) is 23.7. The fourth-order valence-electron chi connectivity index (χ4n) is 4.55. The molecule has 0 saturated carbocycles. The van der Waals surface area contributed by atoms with E-state index in [1.165, 1.54) is 23.1 Å². The molecule has 160 valence electrons. The van der Waals surface area contributed by atoms with Crippen molar-refractivity contribution in [2.75, 3.05) is 19.4 Å². The number of fused-ring (bicyclic) bond motifs is 3. The van der Waals surface area contributed by atoms with Gasteiger partial charge in [0.2, 0.25) is 0 Å². The van der Waals surface area contributed by atoms with Crippen LogP contribution in [0.25, 0.3) is 10.9 Å². The highest BCUT2D eigenvalue weighted by Crippen LogP contribution is 2.33. The Labute approximate surface area is 186 Å². The Balaban J connectivity index is 1.50. The van der Waals surface area contributed by atoms with Crippen molar-refractivity contribution in [2.45, 2.75) is 32.6 Å². The van der Waals surface area contributed by atoms with Crippen LogP contribution in [0.15, 0.2) is 47.5 Å². The summed E-state index contributed by atoms with van der Waals surface area (Å²) in [5.74, 6) is 2.37. The summed E-state index contributed by atoms with van der Waals surface area (Å²) in [6.45, 7) is 2.99. The number of hydrogen-bond acceptors (Lipinski definition) is 4. The molecule has 1 aliphatic heterocycles. The molecule has 3 aromatic rings. The lowest BCUT2D eigenvalue weighted by molar-refractivity contribution is 0.0849. The van der Waals surface area contributed by atoms with Crippen LogP contribution in [0.3, 0.4) is 0 Å². The van der Waals surface area contributed by atoms with Crippen molar-refractivity contribution in [3.63, 3.8) is 0 Å². The minimum Gasteiger partial charge on any atom is -0.494 e. The van der Waals surface area contributed by atoms with Crippen LogP contribution in [0.2, 0.25) is 0 Å². The molecule has 1 amide bonds. The summed E-state index contributed by atoms with van der Waals surface area (Å²) in [6.07, 6.45) is 4.35. The Morgan fingerprint density at radius 3 is 3.00 bits per heavy atom. The molecule has 1 fully saturated rings. The zero-order valence-electron chi connectivity index (χ0n) is 18.0. The van der Waals surface area contributed by atoms with Gasteiger partial charge in [-0.1, -0.05) is 30.8 Å². The average Bonchev–Trinajstić information content (AvgIpc) is 3.16. The number of nitrogens with one attached hydrogen (secondary N) is 1. The molecule has 1 saturated heterocycles.